The maximum Gasteiger partial charge on any atom is 0.415 e. The first-order valence-corrected chi connectivity index (χ1v) is 9.10. The van der Waals surface area contributed by atoms with Gasteiger partial charge in [0.15, 0.2) is 5.17 Å². The number of urea groups is 1. The summed E-state index contributed by atoms with van der Waals surface area (Å²) in [7, 11) is 0. The van der Waals surface area contributed by atoms with Crippen LogP contribution in [0.15, 0.2) is 35.4 Å². The standard InChI is InChI=1S/C16H22N4O5S/c1-3-4-10-24-16(23)18-14(26-2)20-19-13(21)17-15(22)25-11-12-8-6-5-7-9-12/h5-9H,3-4,10-11H2,1-2H3,(H,18,20,23)(H2,17,19,21,22). The second kappa shape index (κ2) is 12.6. The van der Waals surface area contributed by atoms with E-state index in [1.54, 1.807) is 18.4 Å². The van der Waals surface area contributed by atoms with E-state index >= 15 is 0 Å². The number of alkyl carbamates (subject to hydrolysis) is 2. The largest absolute Gasteiger partial charge is 0.449 e. The van der Waals surface area contributed by atoms with Gasteiger partial charge in [-0.05, 0) is 18.2 Å². The fourth-order valence-electron chi connectivity index (χ4n) is 1.54. The molecule has 0 radical (unpaired) electrons. The van der Waals surface area contributed by atoms with E-state index in [9.17, 15) is 14.4 Å². The van der Waals surface area contributed by atoms with Gasteiger partial charge >= 0.3 is 18.2 Å². The lowest BCUT2D eigenvalue weighted by Gasteiger charge is -2.08. The van der Waals surface area contributed by atoms with Crippen LogP contribution in [-0.2, 0) is 16.1 Å². The molecule has 0 saturated heterocycles. The van der Waals surface area contributed by atoms with Crippen LogP contribution in [0.25, 0.3) is 0 Å². The van der Waals surface area contributed by atoms with Gasteiger partial charge in [-0.3, -0.25) is 5.32 Å². The van der Waals surface area contributed by atoms with Gasteiger partial charge in [0.25, 0.3) is 0 Å². The Bertz CT molecular complexity index is 624. The van der Waals surface area contributed by atoms with Crippen LogP contribution < -0.4 is 16.1 Å². The maximum absolute atomic E-state index is 11.6. The minimum atomic E-state index is -0.917. The fourth-order valence-corrected chi connectivity index (χ4v) is 1.86. The summed E-state index contributed by atoms with van der Waals surface area (Å²) >= 11 is 1.09. The lowest BCUT2D eigenvalue weighted by atomic mass is 10.2. The molecule has 1 rings (SSSR count). The summed E-state index contributed by atoms with van der Waals surface area (Å²) in [6.07, 6.45) is 1.72. The number of carbonyl (C=O) groups excluding carboxylic acids is 3. The van der Waals surface area contributed by atoms with Crippen LogP contribution in [0.4, 0.5) is 14.4 Å². The molecule has 10 heteroatoms. The summed E-state index contributed by atoms with van der Waals surface area (Å²) < 4.78 is 9.81. The van der Waals surface area contributed by atoms with Crippen LogP contribution in [0.5, 0.6) is 0 Å². The number of hydrogen-bond donors (Lipinski definition) is 3. The Hall–Kier alpha value is -2.75. The first kappa shape index (κ1) is 21.3. The minimum absolute atomic E-state index is 0.0322. The number of rotatable bonds is 6. The van der Waals surface area contributed by atoms with Gasteiger partial charge in [0, 0.05) is 0 Å². The molecule has 0 heterocycles. The van der Waals surface area contributed by atoms with Crippen molar-refractivity contribution in [2.24, 2.45) is 5.10 Å². The van der Waals surface area contributed by atoms with Crippen molar-refractivity contribution in [2.75, 3.05) is 12.9 Å². The molecule has 0 fully saturated rings. The molecule has 1 aromatic carbocycles. The summed E-state index contributed by atoms with van der Waals surface area (Å²) in [6.45, 7) is 2.30. The van der Waals surface area contributed by atoms with Crippen molar-refractivity contribution in [1.82, 2.24) is 16.1 Å². The first-order valence-electron chi connectivity index (χ1n) is 7.88. The number of nitrogens with one attached hydrogen (secondary N) is 3. The van der Waals surface area contributed by atoms with Gasteiger partial charge < -0.3 is 9.47 Å². The number of carbonyl (C=O) groups is 3. The van der Waals surface area contributed by atoms with E-state index in [4.69, 9.17) is 9.47 Å². The molecule has 0 aromatic heterocycles. The predicted molar refractivity (Wildman–Crippen MR) is 98.6 cm³/mol. The maximum atomic E-state index is 11.6. The number of imide groups is 1. The molecule has 0 unspecified atom stereocenters. The van der Waals surface area contributed by atoms with Crippen molar-refractivity contribution in [3.8, 4) is 0 Å². The molecule has 1 aromatic rings. The Morgan fingerprint density at radius 3 is 2.42 bits per heavy atom. The number of nitrogens with zero attached hydrogens (tertiary/aromatic N) is 1. The van der Waals surface area contributed by atoms with Gasteiger partial charge in [0.2, 0.25) is 0 Å². The van der Waals surface area contributed by atoms with E-state index in [-0.39, 0.29) is 11.8 Å². The Kier molecular flexibility index (Phi) is 10.3. The van der Waals surface area contributed by atoms with Gasteiger partial charge in [-0.2, -0.15) is 0 Å². The molecule has 3 N–H and O–H groups in total. The SMILES string of the molecule is CCCCOC(=O)NC(=NNC(=O)NC(=O)OCc1ccccc1)SC. The zero-order chi connectivity index (χ0) is 19.2. The van der Waals surface area contributed by atoms with Gasteiger partial charge in [0.1, 0.15) is 6.61 Å². The molecule has 142 valence electrons. The molecule has 0 aliphatic carbocycles. The Morgan fingerprint density at radius 1 is 1.08 bits per heavy atom. The highest BCUT2D eigenvalue weighted by Crippen LogP contribution is 2.00. The number of amides is 4. The molecule has 9 nitrogen and oxygen atoms in total. The second-order valence-electron chi connectivity index (χ2n) is 4.86. The average Bonchev–Trinajstić information content (AvgIpc) is 2.64. The van der Waals surface area contributed by atoms with Crippen LogP contribution in [0.2, 0.25) is 0 Å². The van der Waals surface area contributed by atoms with E-state index in [0.29, 0.717) is 6.61 Å². The molecule has 4 amide bonds. The van der Waals surface area contributed by atoms with Crippen molar-refractivity contribution in [2.45, 2.75) is 26.4 Å². The van der Waals surface area contributed by atoms with E-state index < -0.39 is 18.2 Å². The smallest absolute Gasteiger partial charge is 0.415 e. The molecule has 0 aliphatic heterocycles. The molecular formula is C16H22N4O5S. The zero-order valence-electron chi connectivity index (χ0n) is 14.6. The summed E-state index contributed by atoms with van der Waals surface area (Å²) in [4.78, 5) is 34.6. The molecule has 0 spiro atoms. The normalized spacial score (nSPS) is 10.6. The number of hydrazone groups is 1. The highest BCUT2D eigenvalue weighted by molar-refractivity contribution is 8.13. The number of thioether (sulfide) groups is 1. The van der Waals surface area contributed by atoms with E-state index in [2.05, 4.69) is 15.8 Å². The van der Waals surface area contributed by atoms with Gasteiger partial charge in [-0.25, -0.2) is 25.1 Å². The summed E-state index contributed by atoms with van der Waals surface area (Å²) in [6, 6.07) is 8.13. The lowest BCUT2D eigenvalue weighted by Crippen LogP contribution is -2.39. The van der Waals surface area contributed by atoms with Crippen molar-refractivity contribution < 1.29 is 23.9 Å². The van der Waals surface area contributed by atoms with Crippen LogP contribution in [0.1, 0.15) is 25.3 Å². The minimum Gasteiger partial charge on any atom is -0.449 e. The molecule has 0 bridgehead atoms. The van der Waals surface area contributed by atoms with E-state index in [1.165, 1.54) is 0 Å². The van der Waals surface area contributed by atoms with Crippen LogP contribution in [-0.4, -0.2) is 36.2 Å². The van der Waals surface area contributed by atoms with Gasteiger partial charge in [-0.1, -0.05) is 55.4 Å². The summed E-state index contributed by atoms with van der Waals surface area (Å²) in [5, 5.41) is 8.12. The third-order valence-corrected chi connectivity index (χ3v) is 3.40. The Labute approximate surface area is 155 Å². The lowest BCUT2D eigenvalue weighted by molar-refractivity contribution is 0.140. The topological polar surface area (TPSA) is 118 Å². The predicted octanol–water partition coefficient (Wildman–Crippen LogP) is 2.78. The van der Waals surface area contributed by atoms with Crippen molar-refractivity contribution in [3.05, 3.63) is 35.9 Å². The van der Waals surface area contributed by atoms with Gasteiger partial charge in [-0.15, -0.1) is 5.10 Å². The number of hydrogen-bond acceptors (Lipinski definition) is 7. The summed E-state index contributed by atoms with van der Waals surface area (Å²) in [5.74, 6) is 0. The van der Waals surface area contributed by atoms with Crippen LogP contribution in [0, 0.1) is 0 Å². The summed E-state index contributed by atoms with van der Waals surface area (Å²) in [5.41, 5.74) is 2.87. The first-order chi connectivity index (χ1) is 12.5. The van der Waals surface area contributed by atoms with Crippen LogP contribution >= 0.6 is 11.8 Å². The quantitative estimate of drug-likeness (QED) is 0.301. The average molecular weight is 382 g/mol. The van der Waals surface area contributed by atoms with Crippen LogP contribution in [0.3, 0.4) is 0 Å². The van der Waals surface area contributed by atoms with Crippen molar-refractivity contribution >= 4 is 35.1 Å². The van der Waals surface area contributed by atoms with Crippen molar-refractivity contribution in [1.29, 1.82) is 0 Å². The second-order valence-corrected chi connectivity index (χ2v) is 5.66. The number of ether oxygens (including phenoxy) is 2. The number of amidine groups is 1. The monoisotopic (exact) mass is 382 g/mol. The molecule has 0 atom stereocenters. The molecular weight excluding hydrogens is 360 g/mol. The highest BCUT2D eigenvalue weighted by Gasteiger charge is 2.10. The molecule has 26 heavy (non-hydrogen) atoms. The van der Waals surface area contributed by atoms with E-state index in [1.807, 2.05) is 30.4 Å². The highest BCUT2D eigenvalue weighted by atomic mass is 32.2. The third kappa shape index (κ3) is 9.52. The molecule has 0 aliphatic rings. The number of benzene rings is 1. The fraction of sp³-hybridized carbons (Fsp3) is 0.375. The van der Waals surface area contributed by atoms with E-state index in [0.717, 1.165) is 30.2 Å². The van der Waals surface area contributed by atoms with Crippen molar-refractivity contribution in [3.63, 3.8) is 0 Å². The third-order valence-electron chi connectivity index (χ3n) is 2.82. The molecule has 0 saturated carbocycles. The zero-order valence-corrected chi connectivity index (χ0v) is 15.4. The Balaban J connectivity index is 2.33. The Morgan fingerprint density at radius 2 is 1.77 bits per heavy atom. The van der Waals surface area contributed by atoms with Gasteiger partial charge in [0.05, 0.1) is 6.61 Å². The number of unbranched alkanes of at least 4 members (excludes halogenated alkanes) is 1.